The number of rotatable bonds is 5. The van der Waals surface area contributed by atoms with Gasteiger partial charge >= 0.3 is 0 Å². The molecule has 5 heterocycles. The summed E-state index contributed by atoms with van der Waals surface area (Å²) in [5, 5.41) is 6.61. The number of anilines is 5. The topological polar surface area (TPSA) is 92.5 Å². The van der Waals surface area contributed by atoms with Crippen LogP contribution in [-0.4, -0.2) is 50.6 Å². The largest absolute Gasteiger partial charge is 0.378 e. The highest BCUT2D eigenvalue weighted by atomic mass is 16.5. The van der Waals surface area contributed by atoms with Crippen LogP contribution in [0.25, 0.3) is 5.65 Å². The Balaban J connectivity index is 1.47. The van der Waals surface area contributed by atoms with Gasteiger partial charge in [-0.3, -0.25) is 0 Å². The lowest BCUT2D eigenvalue weighted by atomic mass is 10.3. The molecule has 0 saturated carbocycles. The lowest BCUT2D eigenvalue weighted by Crippen LogP contribution is -2.36. The molecule has 1 aliphatic rings. The van der Waals surface area contributed by atoms with Crippen LogP contribution in [0.5, 0.6) is 0 Å². The minimum Gasteiger partial charge on any atom is -0.378 e. The number of ether oxygens (including phenoxy) is 1. The van der Waals surface area contributed by atoms with Crippen LogP contribution in [0.2, 0.25) is 0 Å². The zero-order valence-electron chi connectivity index (χ0n) is 16.6. The van der Waals surface area contributed by atoms with Gasteiger partial charge in [0.2, 0.25) is 5.95 Å². The van der Waals surface area contributed by atoms with Gasteiger partial charge in [-0.25, -0.2) is 9.97 Å². The molecule has 0 amide bonds. The third kappa shape index (κ3) is 4.01. The fourth-order valence-electron chi connectivity index (χ4n) is 3.36. The Labute approximate surface area is 173 Å². The van der Waals surface area contributed by atoms with Gasteiger partial charge in [0, 0.05) is 55.7 Å². The van der Waals surface area contributed by atoms with Crippen molar-refractivity contribution in [2.75, 3.05) is 41.8 Å². The summed E-state index contributed by atoms with van der Waals surface area (Å²) in [4.78, 5) is 20.3. The van der Waals surface area contributed by atoms with Gasteiger partial charge in [-0.1, -0.05) is 0 Å². The molecule has 2 N–H and O–H groups in total. The molecule has 0 bridgehead atoms. The second-order valence-corrected chi connectivity index (χ2v) is 7.11. The van der Waals surface area contributed by atoms with Gasteiger partial charge in [0.05, 0.1) is 13.2 Å². The van der Waals surface area contributed by atoms with E-state index < -0.39 is 0 Å². The molecule has 0 unspecified atom stereocenters. The van der Waals surface area contributed by atoms with Gasteiger partial charge in [-0.05, 0) is 30.7 Å². The molecule has 1 aliphatic heterocycles. The van der Waals surface area contributed by atoms with E-state index in [2.05, 4.69) is 30.5 Å². The van der Waals surface area contributed by atoms with Crippen molar-refractivity contribution in [3.05, 3.63) is 60.7 Å². The number of aromatic nitrogens is 5. The molecular formula is C21H22N8O. The fraction of sp³-hybridized carbons (Fsp3) is 0.238. The van der Waals surface area contributed by atoms with Crippen LogP contribution >= 0.6 is 0 Å². The quantitative estimate of drug-likeness (QED) is 0.526. The molecule has 152 valence electrons. The minimum atomic E-state index is 0.487. The lowest BCUT2D eigenvalue weighted by Gasteiger charge is -2.28. The lowest BCUT2D eigenvalue weighted by molar-refractivity contribution is 0.122. The third-order valence-corrected chi connectivity index (χ3v) is 4.87. The van der Waals surface area contributed by atoms with Crippen LogP contribution in [0, 0.1) is 6.92 Å². The van der Waals surface area contributed by atoms with E-state index in [4.69, 9.17) is 9.72 Å². The van der Waals surface area contributed by atoms with Gasteiger partial charge in [0.15, 0.2) is 0 Å². The maximum Gasteiger partial charge on any atom is 0.232 e. The number of aryl methyl sites for hydroxylation is 1. The minimum absolute atomic E-state index is 0.487. The van der Waals surface area contributed by atoms with E-state index in [0.717, 1.165) is 35.8 Å². The normalized spacial score (nSPS) is 14.1. The Morgan fingerprint density at radius 2 is 1.80 bits per heavy atom. The second-order valence-electron chi connectivity index (χ2n) is 7.11. The molecule has 0 spiro atoms. The van der Waals surface area contributed by atoms with Crippen molar-refractivity contribution in [1.82, 2.24) is 24.3 Å². The molecule has 0 radical (unpaired) electrons. The maximum atomic E-state index is 5.48. The van der Waals surface area contributed by atoms with E-state index in [0.29, 0.717) is 30.8 Å². The van der Waals surface area contributed by atoms with Crippen molar-refractivity contribution < 1.29 is 4.74 Å². The molecule has 1 fully saturated rings. The van der Waals surface area contributed by atoms with E-state index >= 15 is 0 Å². The summed E-state index contributed by atoms with van der Waals surface area (Å²) in [5.41, 5.74) is 2.88. The van der Waals surface area contributed by atoms with Crippen molar-refractivity contribution in [3.63, 3.8) is 0 Å². The first-order valence-corrected chi connectivity index (χ1v) is 9.84. The van der Waals surface area contributed by atoms with E-state index in [9.17, 15) is 0 Å². The molecule has 0 aromatic carbocycles. The summed E-state index contributed by atoms with van der Waals surface area (Å²) in [7, 11) is 0. The van der Waals surface area contributed by atoms with Gasteiger partial charge in [0.1, 0.15) is 23.1 Å². The highest BCUT2D eigenvalue weighted by molar-refractivity contribution is 5.65. The molecule has 5 rings (SSSR count). The summed E-state index contributed by atoms with van der Waals surface area (Å²) in [6, 6.07) is 9.83. The van der Waals surface area contributed by atoms with Crippen LogP contribution in [0.4, 0.5) is 29.1 Å². The monoisotopic (exact) mass is 402 g/mol. The Morgan fingerprint density at radius 1 is 0.900 bits per heavy atom. The number of hydrogen-bond donors (Lipinski definition) is 2. The van der Waals surface area contributed by atoms with E-state index in [1.54, 1.807) is 12.4 Å². The zero-order chi connectivity index (χ0) is 20.3. The molecule has 9 heteroatoms. The molecule has 30 heavy (non-hydrogen) atoms. The first kappa shape index (κ1) is 18.3. The van der Waals surface area contributed by atoms with Gasteiger partial charge in [-0.15, -0.1) is 0 Å². The Hall–Kier alpha value is -3.72. The van der Waals surface area contributed by atoms with Crippen molar-refractivity contribution in [2.45, 2.75) is 6.92 Å². The molecule has 1 saturated heterocycles. The van der Waals surface area contributed by atoms with Crippen LogP contribution in [0.1, 0.15) is 5.56 Å². The first-order chi connectivity index (χ1) is 14.7. The van der Waals surface area contributed by atoms with E-state index in [1.807, 2.05) is 54.0 Å². The number of hydrogen-bond acceptors (Lipinski definition) is 8. The molecule has 4 aromatic rings. The third-order valence-electron chi connectivity index (χ3n) is 4.87. The van der Waals surface area contributed by atoms with Crippen LogP contribution < -0.4 is 15.5 Å². The number of pyridine rings is 2. The Morgan fingerprint density at radius 3 is 2.67 bits per heavy atom. The van der Waals surface area contributed by atoms with Gasteiger partial charge in [0.25, 0.3) is 0 Å². The summed E-state index contributed by atoms with van der Waals surface area (Å²) in [6.45, 7) is 4.98. The molecule has 0 atom stereocenters. The Bertz CT molecular complexity index is 1170. The van der Waals surface area contributed by atoms with Crippen molar-refractivity contribution >= 4 is 34.7 Å². The van der Waals surface area contributed by atoms with Crippen molar-refractivity contribution in [2.24, 2.45) is 0 Å². The van der Waals surface area contributed by atoms with Gasteiger partial charge < -0.3 is 24.7 Å². The molecule has 0 aliphatic carbocycles. The van der Waals surface area contributed by atoms with Gasteiger partial charge in [-0.2, -0.15) is 9.97 Å². The molecule has 4 aromatic heterocycles. The number of morpholine rings is 1. The van der Waals surface area contributed by atoms with Crippen LogP contribution in [0.3, 0.4) is 0 Å². The average molecular weight is 402 g/mol. The van der Waals surface area contributed by atoms with Crippen LogP contribution in [-0.2, 0) is 4.74 Å². The smallest absolute Gasteiger partial charge is 0.232 e. The highest BCUT2D eigenvalue weighted by Crippen LogP contribution is 2.24. The number of imidazole rings is 1. The molecular weight excluding hydrogens is 380 g/mol. The average Bonchev–Trinajstić information content (AvgIpc) is 3.22. The van der Waals surface area contributed by atoms with Crippen LogP contribution in [0.15, 0.2) is 55.1 Å². The zero-order valence-corrected chi connectivity index (χ0v) is 16.6. The second kappa shape index (κ2) is 7.96. The predicted octanol–water partition coefficient (Wildman–Crippen LogP) is 3.15. The summed E-state index contributed by atoms with van der Waals surface area (Å²) in [5.74, 6) is 2.73. The van der Waals surface area contributed by atoms with E-state index in [1.165, 1.54) is 0 Å². The van der Waals surface area contributed by atoms with Crippen molar-refractivity contribution in [1.29, 1.82) is 0 Å². The van der Waals surface area contributed by atoms with E-state index in [-0.39, 0.29) is 0 Å². The van der Waals surface area contributed by atoms with Crippen molar-refractivity contribution in [3.8, 4) is 0 Å². The SMILES string of the molecule is Cc1ccnc(Nc2nc(Nc3ccn4ccnc4c3)cc(N3CCOCC3)n2)c1. The standard InChI is InChI=1S/C21H22N8O/c1-15-2-4-22-17(12-15)25-21-26-18(14-20(27-21)29-8-10-30-11-9-29)24-16-3-6-28-7-5-23-19(28)13-16/h2-7,12-14H,8-11H2,1H3,(H2,22,24,25,26,27). The first-order valence-electron chi connectivity index (χ1n) is 9.84. The number of nitrogens with zero attached hydrogens (tertiary/aromatic N) is 6. The molecule has 9 nitrogen and oxygen atoms in total. The highest BCUT2D eigenvalue weighted by Gasteiger charge is 2.16. The fourth-order valence-corrected chi connectivity index (χ4v) is 3.36. The summed E-state index contributed by atoms with van der Waals surface area (Å²) < 4.78 is 7.44. The maximum absolute atomic E-state index is 5.48. The number of fused-ring (bicyclic) bond motifs is 1. The number of nitrogens with one attached hydrogen (secondary N) is 2. The Kier molecular flexibility index (Phi) is 4.86. The summed E-state index contributed by atoms with van der Waals surface area (Å²) >= 11 is 0. The predicted molar refractivity (Wildman–Crippen MR) is 116 cm³/mol. The summed E-state index contributed by atoms with van der Waals surface area (Å²) in [6.07, 6.45) is 7.42.